The molecule has 0 unspecified atom stereocenters. The first kappa shape index (κ1) is 31.5. The van der Waals surface area contributed by atoms with Crippen molar-refractivity contribution in [3.8, 4) is 6.07 Å². The van der Waals surface area contributed by atoms with Crippen LogP contribution in [0.2, 0.25) is 0 Å². The largest absolute Gasteiger partial charge is 0.388 e. The number of morpholine rings is 1. The van der Waals surface area contributed by atoms with Crippen molar-refractivity contribution in [1.82, 2.24) is 20.3 Å². The maximum absolute atomic E-state index is 12.6. The van der Waals surface area contributed by atoms with Crippen molar-refractivity contribution in [2.45, 2.75) is 43.9 Å². The average molecular weight is 609 g/mol. The molecule has 3 aromatic rings. The third-order valence-electron chi connectivity index (χ3n) is 7.54. The van der Waals surface area contributed by atoms with E-state index in [1.165, 1.54) is 11.8 Å². The third-order valence-corrected chi connectivity index (χ3v) is 7.54. The summed E-state index contributed by atoms with van der Waals surface area (Å²) in [5.74, 6) is -0.502. The molecule has 234 valence electrons. The minimum atomic E-state index is -1.43. The van der Waals surface area contributed by atoms with Crippen LogP contribution in [0.15, 0.2) is 48.2 Å². The minimum absolute atomic E-state index is 0.0160. The highest BCUT2D eigenvalue weighted by Crippen LogP contribution is 2.25. The molecule has 5 rings (SSSR count). The molecule has 0 aliphatic carbocycles. The van der Waals surface area contributed by atoms with Gasteiger partial charge in [0.1, 0.15) is 41.8 Å². The van der Waals surface area contributed by atoms with Gasteiger partial charge in [-0.25, -0.2) is 4.68 Å². The monoisotopic (exact) mass is 608 g/mol. The van der Waals surface area contributed by atoms with Gasteiger partial charge in [0, 0.05) is 32.4 Å². The van der Waals surface area contributed by atoms with E-state index in [0.29, 0.717) is 5.69 Å². The van der Waals surface area contributed by atoms with Crippen molar-refractivity contribution in [3.05, 3.63) is 59.4 Å². The summed E-state index contributed by atoms with van der Waals surface area (Å²) in [6, 6.07) is 14.0. The third kappa shape index (κ3) is 7.58. The van der Waals surface area contributed by atoms with E-state index >= 15 is 0 Å². The molecule has 5 atom stereocenters. The Morgan fingerprint density at radius 3 is 2.68 bits per heavy atom. The van der Waals surface area contributed by atoms with E-state index in [1.54, 1.807) is 12.3 Å². The van der Waals surface area contributed by atoms with Gasteiger partial charge in [-0.2, -0.15) is 5.26 Å². The molecule has 0 spiro atoms. The summed E-state index contributed by atoms with van der Waals surface area (Å²) < 4.78 is 23.0. The zero-order valence-corrected chi connectivity index (χ0v) is 24.3. The van der Waals surface area contributed by atoms with Crippen molar-refractivity contribution in [2.75, 3.05) is 51.5 Å². The number of rotatable bonds is 11. The SMILES string of the molecule is CO[C@H]1O[C@H](Cn2cc(COCCNC(=O)/C(C#N)=C/c3ccc4cc(N5CCOCC5)ccc4c3)nn2)[C@@H](O)[C@H](O)[C@H]1O. The quantitative estimate of drug-likeness (QED) is 0.130. The Morgan fingerprint density at radius 1 is 1.14 bits per heavy atom. The van der Waals surface area contributed by atoms with Gasteiger partial charge in [0.25, 0.3) is 5.91 Å². The van der Waals surface area contributed by atoms with Crippen LogP contribution in [0.1, 0.15) is 11.3 Å². The average Bonchev–Trinajstić information content (AvgIpc) is 3.50. The van der Waals surface area contributed by atoms with Crippen LogP contribution in [0.3, 0.4) is 0 Å². The van der Waals surface area contributed by atoms with Crippen LogP contribution in [0, 0.1) is 11.3 Å². The van der Waals surface area contributed by atoms with E-state index in [9.17, 15) is 25.4 Å². The van der Waals surface area contributed by atoms with Crippen molar-refractivity contribution < 1.29 is 39.1 Å². The molecule has 0 bridgehead atoms. The maximum Gasteiger partial charge on any atom is 0.262 e. The molecule has 4 N–H and O–H groups in total. The standard InChI is InChI=1S/C30H36N6O8/c1-41-30-28(39)27(38)26(37)25(44-30)17-36-16-23(33-34-36)18-43-9-6-32-29(40)22(15-31)13-19-2-3-21-14-24(5-4-20(21)12-19)35-7-10-42-11-8-35/h2-5,12-14,16,25-28,30,37-39H,6-11,17-18H2,1H3,(H,32,40)/b22-13+/t25-,26-,27+,28-,30+/m1/s1. The Labute approximate surface area is 254 Å². The van der Waals surface area contributed by atoms with Gasteiger partial charge < -0.3 is 44.5 Å². The molecule has 1 aromatic heterocycles. The number of nitrogens with one attached hydrogen (secondary N) is 1. The highest BCUT2D eigenvalue weighted by molar-refractivity contribution is 6.02. The molecule has 3 heterocycles. The smallest absolute Gasteiger partial charge is 0.262 e. The molecule has 2 aromatic carbocycles. The fourth-order valence-electron chi connectivity index (χ4n) is 5.12. The molecule has 1 amide bonds. The summed E-state index contributed by atoms with van der Waals surface area (Å²) in [4.78, 5) is 14.9. The number of hydrogen-bond acceptors (Lipinski definition) is 12. The number of nitrogens with zero attached hydrogens (tertiary/aromatic N) is 5. The number of hydrogen-bond donors (Lipinski definition) is 4. The van der Waals surface area contributed by atoms with Crippen molar-refractivity contribution in [3.63, 3.8) is 0 Å². The molecule has 0 radical (unpaired) electrons. The Balaban J connectivity index is 1.07. The van der Waals surface area contributed by atoms with Gasteiger partial charge >= 0.3 is 0 Å². The maximum atomic E-state index is 12.6. The second-order valence-electron chi connectivity index (χ2n) is 10.6. The number of fused-ring (bicyclic) bond motifs is 1. The second kappa shape index (κ2) is 14.7. The Bertz CT molecular complexity index is 1500. The summed E-state index contributed by atoms with van der Waals surface area (Å²) >= 11 is 0. The predicted octanol–water partition coefficient (Wildman–Crippen LogP) is -0.0381. The van der Waals surface area contributed by atoms with Crippen molar-refractivity contribution >= 4 is 28.4 Å². The Kier molecular flexibility index (Phi) is 10.5. The summed E-state index contributed by atoms with van der Waals surface area (Å²) in [7, 11) is 1.33. The minimum Gasteiger partial charge on any atom is -0.388 e. The van der Waals surface area contributed by atoms with Gasteiger partial charge in [0.2, 0.25) is 0 Å². The summed E-state index contributed by atoms with van der Waals surface area (Å²) in [5.41, 5.74) is 2.37. The van der Waals surface area contributed by atoms with Crippen LogP contribution in [-0.4, -0.2) is 113 Å². The molecular weight excluding hydrogens is 572 g/mol. The van der Waals surface area contributed by atoms with Crippen molar-refractivity contribution in [1.29, 1.82) is 5.26 Å². The van der Waals surface area contributed by atoms with E-state index in [1.807, 2.05) is 30.3 Å². The topological polar surface area (TPSA) is 184 Å². The number of aliphatic hydroxyl groups is 3. The first-order chi connectivity index (χ1) is 21.4. The highest BCUT2D eigenvalue weighted by atomic mass is 16.7. The van der Waals surface area contributed by atoms with Gasteiger partial charge in [0.05, 0.1) is 39.2 Å². The number of methoxy groups -OCH3 is 1. The van der Waals surface area contributed by atoms with Gasteiger partial charge in [-0.3, -0.25) is 4.79 Å². The number of carbonyl (C=O) groups is 1. The van der Waals surface area contributed by atoms with E-state index in [0.717, 1.165) is 48.3 Å². The summed E-state index contributed by atoms with van der Waals surface area (Å²) in [6.07, 6.45) is -2.96. The van der Waals surface area contributed by atoms with Crippen LogP contribution < -0.4 is 10.2 Å². The molecular formula is C30H36N6O8. The van der Waals surface area contributed by atoms with E-state index in [4.69, 9.17) is 18.9 Å². The van der Waals surface area contributed by atoms with E-state index in [2.05, 4.69) is 32.7 Å². The predicted molar refractivity (Wildman–Crippen MR) is 157 cm³/mol. The van der Waals surface area contributed by atoms with Crippen molar-refractivity contribution in [2.24, 2.45) is 0 Å². The first-order valence-electron chi connectivity index (χ1n) is 14.3. The molecule has 2 aliphatic rings. The van der Waals surface area contributed by atoms with Crippen LogP contribution in [-0.2, 0) is 36.9 Å². The lowest BCUT2D eigenvalue weighted by molar-refractivity contribution is -0.292. The summed E-state index contributed by atoms with van der Waals surface area (Å²) in [5, 5.41) is 52.5. The number of carbonyl (C=O) groups excluding carboxylic acids is 1. The zero-order chi connectivity index (χ0) is 31.1. The van der Waals surface area contributed by atoms with Crippen LogP contribution in [0.25, 0.3) is 16.8 Å². The molecule has 2 fully saturated rings. The first-order valence-corrected chi connectivity index (χ1v) is 14.3. The fourth-order valence-corrected chi connectivity index (χ4v) is 5.12. The molecule has 2 saturated heterocycles. The van der Waals surface area contributed by atoms with Crippen LogP contribution in [0.5, 0.6) is 0 Å². The van der Waals surface area contributed by atoms with Crippen LogP contribution in [0.4, 0.5) is 5.69 Å². The Morgan fingerprint density at radius 2 is 1.91 bits per heavy atom. The number of amides is 1. The lowest BCUT2D eigenvalue weighted by Crippen LogP contribution is -2.58. The highest BCUT2D eigenvalue weighted by Gasteiger charge is 2.44. The molecule has 2 aliphatic heterocycles. The molecule has 0 saturated carbocycles. The summed E-state index contributed by atoms with van der Waals surface area (Å²) in [6.45, 7) is 3.66. The number of benzene rings is 2. The zero-order valence-electron chi connectivity index (χ0n) is 24.3. The molecule has 14 heteroatoms. The number of aliphatic hydroxyl groups excluding tert-OH is 3. The van der Waals surface area contributed by atoms with E-state index in [-0.39, 0.29) is 31.9 Å². The number of aromatic nitrogens is 3. The van der Waals surface area contributed by atoms with Gasteiger partial charge in [-0.15, -0.1) is 5.10 Å². The van der Waals surface area contributed by atoms with Crippen LogP contribution >= 0.6 is 0 Å². The number of ether oxygens (including phenoxy) is 4. The molecule has 44 heavy (non-hydrogen) atoms. The Hall–Kier alpha value is -3.94. The lowest BCUT2D eigenvalue weighted by Gasteiger charge is -2.39. The van der Waals surface area contributed by atoms with Gasteiger partial charge in [-0.05, 0) is 40.6 Å². The van der Waals surface area contributed by atoms with Gasteiger partial charge in [-0.1, -0.05) is 23.4 Å². The molecule has 14 nitrogen and oxygen atoms in total. The second-order valence-corrected chi connectivity index (χ2v) is 10.6. The normalized spacial score (nSPS) is 24.3. The number of nitriles is 1. The van der Waals surface area contributed by atoms with Gasteiger partial charge in [0.15, 0.2) is 6.29 Å². The number of anilines is 1. The lowest BCUT2D eigenvalue weighted by atomic mass is 9.99. The van der Waals surface area contributed by atoms with E-state index < -0.39 is 36.6 Å². The fraction of sp³-hybridized carbons (Fsp3) is 0.467.